The van der Waals surface area contributed by atoms with Crippen LogP contribution >= 0.6 is 0 Å². The van der Waals surface area contributed by atoms with Gasteiger partial charge >= 0.3 is 24.1 Å². The van der Waals surface area contributed by atoms with Gasteiger partial charge in [0, 0.05) is 0 Å². The fourth-order valence-electron chi connectivity index (χ4n) is 4.09. The lowest BCUT2D eigenvalue weighted by Crippen LogP contribution is -2.60. The van der Waals surface area contributed by atoms with E-state index in [4.69, 9.17) is 18.9 Å². The van der Waals surface area contributed by atoms with Gasteiger partial charge in [0.05, 0.1) is 12.1 Å². The fraction of sp³-hybridized carbons (Fsp3) is 0.467. The van der Waals surface area contributed by atoms with Gasteiger partial charge in [-0.3, -0.25) is 0 Å². The lowest BCUT2D eigenvalue weighted by molar-refractivity contribution is -0.199. The van der Waals surface area contributed by atoms with Crippen molar-refractivity contribution in [2.24, 2.45) is 0 Å². The Bertz CT molecular complexity index is 1080. The molecule has 4 atom stereocenters. The number of nitrogens with one attached hydrogen (secondary N) is 2. The molecule has 1 saturated heterocycles. The Balaban J connectivity index is 1.82. The fourth-order valence-corrected chi connectivity index (χ4v) is 4.09. The molecule has 2 aromatic carbocycles. The molecule has 1 heterocycles. The van der Waals surface area contributed by atoms with E-state index in [1.54, 1.807) is 41.5 Å². The largest absolute Gasteiger partial charge is 0.445 e. The summed E-state index contributed by atoms with van der Waals surface area (Å²) < 4.78 is 21.9. The zero-order valence-electron chi connectivity index (χ0n) is 23.8. The summed E-state index contributed by atoms with van der Waals surface area (Å²) in [6.07, 6.45) is -4.07. The topological polar surface area (TPSA) is 129 Å². The van der Waals surface area contributed by atoms with Crippen LogP contribution in [0, 0.1) is 0 Å². The minimum Gasteiger partial charge on any atom is -0.445 e. The normalized spacial score (nSPS) is 18.9. The van der Waals surface area contributed by atoms with E-state index in [2.05, 4.69) is 10.6 Å². The molecule has 216 valence electrons. The van der Waals surface area contributed by atoms with Gasteiger partial charge < -0.3 is 29.6 Å². The van der Waals surface area contributed by atoms with Crippen LogP contribution in [0.3, 0.4) is 0 Å². The van der Waals surface area contributed by atoms with Gasteiger partial charge in [-0.15, -0.1) is 0 Å². The molecule has 10 nitrogen and oxygen atoms in total. The Morgan fingerprint density at radius 3 is 1.30 bits per heavy atom. The number of hydrogen-bond donors (Lipinski definition) is 2. The van der Waals surface area contributed by atoms with Gasteiger partial charge in [-0.05, 0) is 65.5 Å². The van der Waals surface area contributed by atoms with E-state index in [0.29, 0.717) is 0 Å². The third kappa shape index (κ3) is 9.59. The van der Waals surface area contributed by atoms with Crippen LogP contribution in [0.1, 0.15) is 52.7 Å². The molecule has 1 fully saturated rings. The van der Waals surface area contributed by atoms with Crippen molar-refractivity contribution in [2.45, 2.75) is 89.9 Å². The van der Waals surface area contributed by atoms with Crippen molar-refractivity contribution in [1.29, 1.82) is 0 Å². The van der Waals surface area contributed by atoms with Gasteiger partial charge in [-0.25, -0.2) is 19.2 Å². The minimum atomic E-state index is -1.43. The van der Waals surface area contributed by atoms with Crippen LogP contribution in [-0.2, 0) is 41.4 Å². The molecule has 2 amide bonds. The van der Waals surface area contributed by atoms with E-state index in [1.165, 1.54) is 0 Å². The van der Waals surface area contributed by atoms with Crippen molar-refractivity contribution >= 4 is 24.1 Å². The highest BCUT2D eigenvalue weighted by Gasteiger charge is 2.47. The maximum Gasteiger partial charge on any atom is 0.408 e. The third-order valence-corrected chi connectivity index (χ3v) is 5.68. The van der Waals surface area contributed by atoms with Crippen molar-refractivity contribution in [3.8, 4) is 0 Å². The molecule has 2 N–H and O–H groups in total. The van der Waals surface area contributed by atoms with Gasteiger partial charge in [0.2, 0.25) is 12.2 Å². The molecule has 1 aliphatic heterocycles. The highest BCUT2D eigenvalue weighted by molar-refractivity contribution is 5.89. The first-order chi connectivity index (χ1) is 18.7. The number of rotatable bonds is 8. The predicted octanol–water partition coefficient (Wildman–Crippen LogP) is 4.10. The first kappa shape index (κ1) is 30.5. The second-order valence-corrected chi connectivity index (χ2v) is 11.6. The quantitative estimate of drug-likeness (QED) is 0.369. The zero-order valence-corrected chi connectivity index (χ0v) is 23.8. The molecule has 0 aromatic heterocycles. The molecule has 0 aliphatic carbocycles. The van der Waals surface area contributed by atoms with E-state index in [0.717, 1.165) is 11.1 Å². The molecule has 0 saturated carbocycles. The zero-order chi connectivity index (χ0) is 29.5. The number of cyclic esters (lactones) is 2. The minimum absolute atomic E-state index is 0.168. The number of ether oxygens (including phenoxy) is 4. The third-order valence-electron chi connectivity index (χ3n) is 5.68. The summed E-state index contributed by atoms with van der Waals surface area (Å²) in [5.41, 5.74) is 0.0220. The summed E-state index contributed by atoms with van der Waals surface area (Å²) in [5, 5.41) is 5.31. The van der Waals surface area contributed by atoms with E-state index in [1.807, 2.05) is 60.7 Å². The number of benzene rings is 2. The van der Waals surface area contributed by atoms with E-state index in [-0.39, 0.29) is 12.8 Å². The summed E-state index contributed by atoms with van der Waals surface area (Å²) in [6.45, 7) is 10.3. The highest BCUT2D eigenvalue weighted by atomic mass is 16.7. The predicted molar refractivity (Wildman–Crippen MR) is 146 cm³/mol. The number of carbonyl (C=O) groups is 4. The van der Waals surface area contributed by atoms with Crippen molar-refractivity contribution in [1.82, 2.24) is 10.6 Å². The Morgan fingerprint density at radius 1 is 0.675 bits per heavy atom. The van der Waals surface area contributed by atoms with E-state index < -0.39 is 59.6 Å². The first-order valence-electron chi connectivity index (χ1n) is 13.2. The van der Waals surface area contributed by atoms with E-state index in [9.17, 15) is 19.2 Å². The summed E-state index contributed by atoms with van der Waals surface area (Å²) in [7, 11) is 0. The van der Waals surface area contributed by atoms with Crippen LogP contribution in [0.2, 0.25) is 0 Å². The van der Waals surface area contributed by atoms with Crippen molar-refractivity contribution < 1.29 is 38.1 Å². The summed E-state index contributed by atoms with van der Waals surface area (Å²) in [6, 6.07) is 16.3. The van der Waals surface area contributed by atoms with Gasteiger partial charge in [-0.1, -0.05) is 60.7 Å². The van der Waals surface area contributed by atoms with Gasteiger partial charge in [0.15, 0.2) is 0 Å². The molecule has 40 heavy (non-hydrogen) atoms. The first-order valence-corrected chi connectivity index (χ1v) is 13.2. The highest BCUT2D eigenvalue weighted by Crippen LogP contribution is 2.22. The monoisotopic (exact) mass is 554 g/mol. The van der Waals surface area contributed by atoms with Crippen LogP contribution in [-0.4, -0.2) is 59.6 Å². The number of hydrogen-bond acceptors (Lipinski definition) is 8. The van der Waals surface area contributed by atoms with Crippen LogP contribution in [0.5, 0.6) is 0 Å². The molecule has 10 heteroatoms. The maximum atomic E-state index is 13.3. The van der Waals surface area contributed by atoms with Gasteiger partial charge in [0.25, 0.3) is 0 Å². The average molecular weight is 555 g/mol. The average Bonchev–Trinajstić information content (AvgIpc) is 2.83. The maximum absolute atomic E-state index is 13.3. The number of alkyl carbamates (subject to hydrolysis) is 2. The SMILES string of the molecule is CC(C)(C)OC(=O)N[C@@H](Cc1ccccc1)[C@@H]1OC(=O)[C@H]([C@H](Cc2ccccc2)NC(=O)OC(C)(C)C)OC1=O. The lowest BCUT2D eigenvalue weighted by Gasteiger charge is -2.36. The van der Waals surface area contributed by atoms with Crippen LogP contribution in [0.15, 0.2) is 60.7 Å². The molecular weight excluding hydrogens is 516 g/mol. The summed E-state index contributed by atoms with van der Waals surface area (Å²) in [5.74, 6) is -1.71. The standard InChI is InChI=1S/C30H38N2O8/c1-29(2,3)39-27(35)31-21(17-19-13-9-7-10-14-19)23-25(33)38-24(26(34)37-23)22(18-20-15-11-8-12-16-20)32-28(36)40-30(4,5)6/h7-16,21-24H,17-18H2,1-6H3,(H,31,35)(H,32,36)/t21-,22-,23-,24-/m0/s1. The van der Waals surface area contributed by atoms with Crippen LogP contribution in [0.4, 0.5) is 9.59 Å². The van der Waals surface area contributed by atoms with Crippen LogP contribution < -0.4 is 10.6 Å². The number of amides is 2. The number of esters is 2. The van der Waals surface area contributed by atoms with Crippen molar-refractivity contribution in [2.75, 3.05) is 0 Å². The Kier molecular flexibility index (Phi) is 9.78. The number of carbonyl (C=O) groups excluding carboxylic acids is 4. The molecule has 1 aliphatic rings. The molecule has 0 bridgehead atoms. The molecule has 0 unspecified atom stereocenters. The van der Waals surface area contributed by atoms with Gasteiger partial charge in [-0.2, -0.15) is 0 Å². The summed E-state index contributed by atoms with van der Waals surface area (Å²) >= 11 is 0. The molecule has 0 spiro atoms. The second-order valence-electron chi connectivity index (χ2n) is 11.6. The molecule has 2 aromatic rings. The van der Waals surface area contributed by atoms with Crippen molar-refractivity contribution in [3.63, 3.8) is 0 Å². The van der Waals surface area contributed by atoms with Crippen LogP contribution in [0.25, 0.3) is 0 Å². The molecule has 3 rings (SSSR count). The Labute approximate surface area is 234 Å². The second kappa shape index (κ2) is 12.8. The van der Waals surface area contributed by atoms with Gasteiger partial charge in [0.1, 0.15) is 11.2 Å². The Morgan fingerprint density at radius 2 is 1.00 bits per heavy atom. The molecular formula is C30H38N2O8. The van der Waals surface area contributed by atoms with E-state index >= 15 is 0 Å². The molecule has 0 radical (unpaired) electrons. The smallest absolute Gasteiger partial charge is 0.408 e. The lowest BCUT2D eigenvalue weighted by atomic mass is 9.98. The Hall–Kier alpha value is -4.08. The summed E-state index contributed by atoms with van der Waals surface area (Å²) in [4.78, 5) is 51.8. The van der Waals surface area contributed by atoms with Crippen molar-refractivity contribution in [3.05, 3.63) is 71.8 Å².